The second-order valence-corrected chi connectivity index (χ2v) is 3.56. The summed E-state index contributed by atoms with van der Waals surface area (Å²) in [5.41, 5.74) is 5.76. The van der Waals surface area contributed by atoms with Crippen molar-refractivity contribution < 1.29 is 19.6 Å². The van der Waals surface area contributed by atoms with Gasteiger partial charge in [-0.25, -0.2) is 4.63 Å². The minimum absolute atomic E-state index is 0.0422. The highest BCUT2D eigenvalue weighted by molar-refractivity contribution is 5.99. The fourth-order valence-electron chi connectivity index (χ4n) is 1.10. The summed E-state index contributed by atoms with van der Waals surface area (Å²) in [6.07, 6.45) is -0.990. The molecule has 1 aromatic heterocycles. The highest BCUT2D eigenvalue weighted by Crippen LogP contribution is 2.07. The van der Waals surface area contributed by atoms with Gasteiger partial charge in [-0.05, 0) is 10.3 Å². The molecule has 1 aromatic rings. The third-order valence-corrected chi connectivity index (χ3v) is 2.13. The molecule has 0 aliphatic rings. The third kappa shape index (κ3) is 4.52. The van der Waals surface area contributed by atoms with E-state index in [1.54, 1.807) is 0 Å². The smallest absolute Gasteiger partial charge is 0.239 e. The number of nitrogens with one attached hydrogen (secondary N) is 2. The van der Waals surface area contributed by atoms with Gasteiger partial charge in [0.1, 0.15) is 0 Å². The normalized spacial score (nSPS) is 13.1. The van der Waals surface area contributed by atoms with E-state index in [1.165, 1.54) is 7.05 Å². The standard InChI is InChI=1S/C9H16N6O4/c1-11-8(10)7-9(15-19-14-7)13-3-6(18)12-2-5(17)4-16/h5,16-17H,2-4H2,1H3,(H2,10,11)(H,12,18)(H,13,15). The van der Waals surface area contributed by atoms with Gasteiger partial charge < -0.3 is 26.6 Å². The van der Waals surface area contributed by atoms with E-state index in [0.717, 1.165) is 0 Å². The van der Waals surface area contributed by atoms with E-state index in [1.807, 2.05) is 0 Å². The van der Waals surface area contributed by atoms with Crippen LogP contribution in [0.25, 0.3) is 0 Å². The molecular weight excluding hydrogens is 256 g/mol. The molecule has 1 unspecified atom stereocenters. The number of hydrogen-bond donors (Lipinski definition) is 5. The fraction of sp³-hybridized carbons (Fsp3) is 0.556. The van der Waals surface area contributed by atoms with Crippen molar-refractivity contribution in [3.63, 3.8) is 0 Å². The zero-order valence-corrected chi connectivity index (χ0v) is 10.3. The molecule has 0 aromatic carbocycles. The number of aliphatic hydroxyl groups excluding tert-OH is 2. The minimum atomic E-state index is -0.990. The predicted octanol–water partition coefficient (Wildman–Crippen LogP) is -2.71. The molecule has 10 heteroatoms. The van der Waals surface area contributed by atoms with Crippen molar-refractivity contribution in [1.82, 2.24) is 15.6 Å². The van der Waals surface area contributed by atoms with Crippen LogP contribution in [0.4, 0.5) is 5.82 Å². The van der Waals surface area contributed by atoms with Crippen LogP contribution in [0.1, 0.15) is 5.69 Å². The van der Waals surface area contributed by atoms with Gasteiger partial charge in [0.05, 0.1) is 19.3 Å². The molecule has 0 radical (unpaired) electrons. The second kappa shape index (κ2) is 7.28. The molecule has 1 amide bonds. The molecule has 0 bridgehead atoms. The van der Waals surface area contributed by atoms with Crippen LogP contribution < -0.4 is 16.4 Å². The predicted molar refractivity (Wildman–Crippen MR) is 65.5 cm³/mol. The molecule has 0 saturated carbocycles. The quantitative estimate of drug-likeness (QED) is 0.264. The van der Waals surface area contributed by atoms with Gasteiger partial charge in [0.25, 0.3) is 0 Å². The summed E-state index contributed by atoms with van der Waals surface area (Å²) in [4.78, 5) is 15.1. The summed E-state index contributed by atoms with van der Waals surface area (Å²) in [6, 6.07) is 0. The number of carbonyl (C=O) groups excluding carboxylic acids is 1. The first-order valence-electron chi connectivity index (χ1n) is 5.43. The van der Waals surface area contributed by atoms with Crippen LogP contribution in [0.15, 0.2) is 9.62 Å². The molecule has 0 aliphatic heterocycles. The van der Waals surface area contributed by atoms with Crippen LogP contribution in [0.3, 0.4) is 0 Å². The molecule has 1 rings (SSSR count). The average molecular weight is 272 g/mol. The Bertz CT molecular complexity index is 446. The zero-order valence-electron chi connectivity index (χ0n) is 10.3. The number of anilines is 1. The topological polar surface area (TPSA) is 159 Å². The van der Waals surface area contributed by atoms with Gasteiger partial charge in [0.2, 0.25) is 11.7 Å². The number of aliphatic imine (C=N–C) groups is 1. The lowest BCUT2D eigenvalue weighted by molar-refractivity contribution is -0.119. The van der Waals surface area contributed by atoms with E-state index in [0.29, 0.717) is 0 Å². The maximum Gasteiger partial charge on any atom is 0.239 e. The number of amidine groups is 1. The van der Waals surface area contributed by atoms with Gasteiger partial charge in [-0.3, -0.25) is 9.79 Å². The Morgan fingerprint density at radius 3 is 2.95 bits per heavy atom. The Morgan fingerprint density at radius 2 is 2.32 bits per heavy atom. The Kier molecular flexibility index (Phi) is 5.70. The lowest BCUT2D eigenvalue weighted by atomic mass is 10.3. The van der Waals surface area contributed by atoms with Crippen molar-refractivity contribution in [2.75, 3.05) is 32.1 Å². The van der Waals surface area contributed by atoms with Crippen molar-refractivity contribution in [3.05, 3.63) is 5.69 Å². The Morgan fingerprint density at radius 1 is 1.58 bits per heavy atom. The zero-order chi connectivity index (χ0) is 14.3. The maximum atomic E-state index is 11.4. The molecule has 1 heterocycles. The van der Waals surface area contributed by atoms with Gasteiger partial charge in [-0.2, -0.15) is 0 Å². The van der Waals surface area contributed by atoms with Crippen molar-refractivity contribution in [2.45, 2.75) is 6.10 Å². The van der Waals surface area contributed by atoms with Crippen molar-refractivity contribution in [3.8, 4) is 0 Å². The second-order valence-electron chi connectivity index (χ2n) is 3.56. The van der Waals surface area contributed by atoms with E-state index in [-0.39, 0.29) is 30.4 Å². The number of aliphatic hydroxyl groups is 2. The molecular formula is C9H16N6O4. The molecule has 1 atom stereocenters. The summed E-state index contributed by atoms with van der Waals surface area (Å²) in [5, 5.41) is 29.8. The molecule has 0 spiro atoms. The molecule has 10 nitrogen and oxygen atoms in total. The number of hydrogen-bond acceptors (Lipinski definition) is 8. The van der Waals surface area contributed by atoms with Gasteiger partial charge >= 0.3 is 0 Å². The van der Waals surface area contributed by atoms with Crippen LogP contribution in [-0.2, 0) is 4.79 Å². The Hall–Kier alpha value is -2.20. The SMILES string of the molecule is CN=C(N)c1nonc1NCC(=O)NCC(O)CO. The molecule has 0 aliphatic carbocycles. The van der Waals surface area contributed by atoms with E-state index < -0.39 is 18.6 Å². The third-order valence-electron chi connectivity index (χ3n) is 2.13. The Labute approximate surface area is 108 Å². The first-order chi connectivity index (χ1) is 9.08. The number of aromatic nitrogens is 2. The van der Waals surface area contributed by atoms with E-state index in [2.05, 4.69) is 30.6 Å². The van der Waals surface area contributed by atoms with E-state index in [9.17, 15) is 4.79 Å². The summed E-state index contributed by atoms with van der Waals surface area (Å²) in [6.45, 7) is -0.579. The first-order valence-corrected chi connectivity index (χ1v) is 5.43. The van der Waals surface area contributed by atoms with Gasteiger partial charge in [-0.15, -0.1) is 0 Å². The lowest BCUT2D eigenvalue weighted by Gasteiger charge is -2.09. The van der Waals surface area contributed by atoms with Crippen LogP contribution in [0, 0.1) is 0 Å². The number of amides is 1. The number of rotatable bonds is 7. The molecule has 0 saturated heterocycles. The Balaban J connectivity index is 2.45. The van der Waals surface area contributed by atoms with Crippen LogP contribution >= 0.6 is 0 Å². The molecule has 106 valence electrons. The van der Waals surface area contributed by atoms with Gasteiger partial charge in [0.15, 0.2) is 11.5 Å². The summed E-state index contributed by atoms with van der Waals surface area (Å²) in [7, 11) is 1.48. The van der Waals surface area contributed by atoms with Crippen LogP contribution in [0.2, 0.25) is 0 Å². The maximum absolute atomic E-state index is 11.4. The van der Waals surface area contributed by atoms with Crippen molar-refractivity contribution in [2.24, 2.45) is 10.7 Å². The van der Waals surface area contributed by atoms with Crippen LogP contribution in [0.5, 0.6) is 0 Å². The number of carbonyl (C=O) groups is 1. The number of nitrogens with two attached hydrogens (primary N) is 1. The minimum Gasteiger partial charge on any atom is -0.394 e. The molecule has 0 fully saturated rings. The van der Waals surface area contributed by atoms with Crippen LogP contribution in [-0.4, -0.2) is 65.1 Å². The lowest BCUT2D eigenvalue weighted by Crippen LogP contribution is -2.37. The van der Waals surface area contributed by atoms with Gasteiger partial charge in [0, 0.05) is 13.6 Å². The van der Waals surface area contributed by atoms with Gasteiger partial charge in [-0.1, -0.05) is 0 Å². The summed E-state index contributed by atoms with van der Waals surface area (Å²) in [5.74, 6) is -0.0747. The van der Waals surface area contributed by atoms with E-state index >= 15 is 0 Å². The first kappa shape index (κ1) is 14.9. The number of nitrogens with zero attached hydrogens (tertiary/aromatic N) is 3. The summed E-state index contributed by atoms with van der Waals surface area (Å²) < 4.78 is 4.49. The highest BCUT2D eigenvalue weighted by Gasteiger charge is 2.14. The fourth-order valence-corrected chi connectivity index (χ4v) is 1.10. The average Bonchev–Trinajstić information content (AvgIpc) is 2.89. The summed E-state index contributed by atoms with van der Waals surface area (Å²) >= 11 is 0. The van der Waals surface area contributed by atoms with Crippen molar-refractivity contribution >= 4 is 17.6 Å². The van der Waals surface area contributed by atoms with Crippen molar-refractivity contribution in [1.29, 1.82) is 0 Å². The molecule has 19 heavy (non-hydrogen) atoms. The largest absolute Gasteiger partial charge is 0.394 e. The highest BCUT2D eigenvalue weighted by atomic mass is 16.6. The monoisotopic (exact) mass is 272 g/mol. The molecule has 6 N–H and O–H groups in total. The van der Waals surface area contributed by atoms with E-state index in [4.69, 9.17) is 15.9 Å².